The van der Waals surface area contributed by atoms with Gasteiger partial charge in [-0.1, -0.05) is 56.3 Å². The number of carbonyl (C=O) groups excluding carboxylic acids is 1. The van der Waals surface area contributed by atoms with Gasteiger partial charge in [0.05, 0.1) is 10.9 Å². The minimum atomic E-state index is -0.197. The highest BCUT2D eigenvalue weighted by Gasteiger charge is 2.25. The van der Waals surface area contributed by atoms with Gasteiger partial charge in [-0.05, 0) is 53.9 Å². The van der Waals surface area contributed by atoms with Gasteiger partial charge in [-0.25, -0.2) is 0 Å². The zero-order chi connectivity index (χ0) is 21.1. The van der Waals surface area contributed by atoms with E-state index in [1.807, 2.05) is 17.5 Å². The number of nitrogens with zero attached hydrogens (tertiary/aromatic N) is 2. The standard InChI is InChI=1S/C24H29N3O2S/c1-24(2,3)18-10-8-17(9-11-18)20(27-12-4-5-13-27)16-25-23(28)19-15-21(29-26-19)22-7-6-14-30-22/h6-11,14-15,20H,4-5,12-13,16H2,1-3H3,(H,25,28). The van der Waals surface area contributed by atoms with Crippen LogP contribution in [0.1, 0.15) is 61.3 Å². The fraction of sp³-hybridized carbons (Fsp3) is 0.417. The van der Waals surface area contributed by atoms with Crippen LogP contribution < -0.4 is 5.32 Å². The van der Waals surface area contributed by atoms with Crippen molar-refractivity contribution in [2.24, 2.45) is 0 Å². The van der Waals surface area contributed by atoms with Crippen molar-refractivity contribution < 1.29 is 9.32 Å². The summed E-state index contributed by atoms with van der Waals surface area (Å²) in [6.07, 6.45) is 2.41. The number of nitrogens with one attached hydrogen (secondary N) is 1. The van der Waals surface area contributed by atoms with Crippen molar-refractivity contribution >= 4 is 17.2 Å². The Bertz CT molecular complexity index is 965. The first-order chi connectivity index (χ1) is 14.4. The summed E-state index contributed by atoms with van der Waals surface area (Å²) in [6.45, 7) is 9.35. The molecule has 1 fully saturated rings. The summed E-state index contributed by atoms with van der Waals surface area (Å²) in [5.41, 5.74) is 3.01. The maximum atomic E-state index is 12.7. The van der Waals surface area contributed by atoms with E-state index >= 15 is 0 Å². The Morgan fingerprint density at radius 3 is 2.57 bits per heavy atom. The lowest BCUT2D eigenvalue weighted by Crippen LogP contribution is -2.37. The van der Waals surface area contributed by atoms with E-state index in [0.717, 1.165) is 18.0 Å². The Hall–Kier alpha value is -2.44. The molecule has 1 amide bonds. The number of rotatable bonds is 6. The summed E-state index contributed by atoms with van der Waals surface area (Å²) in [4.78, 5) is 16.1. The third kappa shape index (κ3) is 4.65. The van der Waals surface area contributed by atoms with Gasteiger partial charge in [-0.15, -0.1) is 11.3 Å². The van der Waals surface area contributed by atoms with Crippen molar-refractivity contribution in [2.75, 3.05) is 19.6 Å². The molecule has 4 rings (SSSR count). The van der Waals surface area contributed by atoms with Gasteiger partial charge in [-0.2, -0.15) is 0 Å². The first-order valence-electron chi connectivity index (χ1n) is 10.5. The number of aromatic nitrogens is 1. The molecule has 1 saturated heterocycles. The van der Waals surface area contributed by atoms with Gasteiger partial charge in [0.25, 0.3) is 5.91 Å². The molecule has 0 radical (unpaired) electrons. The first kappa shape index (κ1) is 20.8. The minimum absolute atomic E-state index is 0.128. The van der Waals surface area contributed by atoms with Gasteiger partial charge >= 0.3 is 0 Å². The highest BCUT2D eigenvalue weighted by Crippen LogP contribution is 2.29. The zero-order valence-corrected chi connectivity index (χ0v) is 18.7. The molecule has 1 aliphatic heterocycles. The summed E-state index contributed by atoms with van der Waals surface area (Å²) in [5.74, 6) is 0.432. The molecular weight excluding hydrogens is 394 g/mol. The Labute approximate surface area is 182 Å². The van der Waals surface area contributed by atoms with E-state index in [1.54, 1.807) is 17.4 Å². The maximum Gasteiger partial charge on any atom is 0.273 e. The van der Waals surface area contributed by atoms with Crippen LogP contribution in [0.25, 0.3) is 10.6 Å². The van der Waals surface area contributed by atoms with Crippen LogP contribution in [-0.2, 0) is 5.41 Å². The molecule has 1 unspecified atom stereocenters. The first-order valence-corrected chi connectivity index (χ1v) is 11.4. The van der Waals surface area contributed by atoms with Crippen LogP contribution in [-0.4, -0.2) is 35.6 Å². The van der Waals surface area contributed by atoms with Gasteiger partial charge in [-0.3, -0.25) is 9.69 Å². The summed E-state index contributed by atoms with van der Waals surface area (Å²) in [5, 5.41) is 9.02. The molecule has 158 valence electrons. The number of amides is 1. The second-order valence-electron chi connectivity index (χ2n) is 8.89. The molecule has 1 N–H and O–H groups in total. The SMILES string of the molecule is CC(C)(C)c1ccc(C(CNC(=O)c2cc(-c3cccs3)on2)N2CCCC2)cc1. The molecular formula is C24H29N3O2S. The molecule has 5 nitrogen and oxygen atoms in total. The zero-order valence-electron chi connectivity index (χ0n) is 17.9. The quantitative estimate of drug-likeness (QED) is 0.587. The summed E-state index contributed by atoms with van der Waals surface area (Å²) >= 11 is 1.56. The van der Waals surface area contributed by atoms with E-state index in [2.05, 4.69) is 60.4 Å². The lowest BCUT2D eigenvalue weighted by atomic mass is 9.86. The van der Waals surface area contributed by atoms with Gasteiger partial charge in [0, 0.05) is 12.6 Å². The van der Waals surface area contributed by atoms with Crippen molar-refractivity contribution in [3.8, 4) is 10.6 Å². The Morgan fingerprint density at radius 1 is 1.20 bits per heavy atom. The van der Waals surface area contributed by atoms with Crippen molar-refractivity contribution in [3.63, 3.8) is 0 Å². The van der Waals surface area contributed by atoms with Crippen LogP contribution in [0.2, 0.25) is 0 Å². The van der Waals surface area contributed by atoms with E-state index in [0.29, 0.717) is 18.0 Å². The van der Waals surface area contributed by atoms with Gasteiger partial charge in [0.15, 0.2) is 11.5 Å². The number of carbonyl (C=O) groups is 1. The maximum absolute atomic E-state index is 12.7. The third-order valence-electron chi connectivity index (χ3n) is 5.71. The molecule has 0 saturated carbocycles. The highest BCUT2D eigenvalue weighted by atomic mass is 32.1. The number of hydrogen-bond donors (Lipinski definition) is 1. The smallest absolute Gasteiger partial charge is 0.273 e. The van der Waals surface area contributed by atoms with Crippen molar-refractivity contribution in [3.05, 3.63) is 64.7 Å². The topological polar surface area (TPSA) is 58.4 Å². The van der Waals surface area contributed by atoms with Gasteiger partial charge < -0.3 is 9.84 Å². The summed E-state index contributed by atoms with van der Waals surface area (Å²) in [7, 11) is 0. The monoisotopic (exact) mass is 423 g/mol. The second-order valence-corrected chi connectivity index (χ2v) is 9.84. The molecule has 3 aromatic rings. The molecule has 1 atom stereocenters. The molecule has 6 heteroatoms. The number of thiophene rings is 1. The third-order valence-corrected chi connectivity index (χ3v) is 6.59. The average molecular weight is 424 g/mol. The van der Waals surface area contributed by atoms with Crippen LogP contribution in [0.4, 0.5) is 0 Å². The van der Waals surface area contributed by atoms with E-state index in [4.69, 9.17) is 4.52 Å². The molecule has 0 aliphatic carbocycles. The molecule has 0 bridgehead atoms. The molecule has 1 aliphatic rings. The Morgan fingerprint density at radius 2 is 1.93 bits per heavy atom. The second kappa shape index (κ2) is 8.74. The van der Waals surface area contributed by atoms with Crippen LogP contribution in [0.3, 0.4) is 0 Å². The van der Waals surface area contributed by atoms with E-state index in [-0.39, 0.29) is 17.4 Å². The summed E-state index contributed by atoms with van der Waals surface area (Å²) in [6, 6.07) is 14.6. The average Bonchev–Trinajstić information content (AvgIpc) is 3.49. The Balaban J connectivity index is 1.47. The van der Waals surface area contributed by atoms with Gasteiger partial charge in [0.1, 0.15) is 0 Å². The van der Waals surface area contributed by atoms with Crippen molar-refractivity contribution in [2.45, 2.75) is 45.1 Å². The van der Waals surface area contributed by atoms with Crippen LogP contribution in [0.15, 0.2) is 52.4 Å². The Kier molecular flexibility index (Phi) is 6.06. The minimum Gasteiger partial charge on any atom is -0.355 e. The van der Waals surface area contributed by atoms with E-state index in [1.165, 1.54) is 24.0 Å². The predicted octanol–water partition coefficient (Wildman–Crippen LogP) is 5.27. The molecule has 30 heavy (non-hydrogen) atoms. The molecule has 0 spiro atoms. The lowest BCUT2D eigenvalue weighted by molar-refractivity contribution is 0.0929. The van der Waals surface area contributed by atoms with E-state index in [9.17, 15) is 4.79 Å². The molecule has 2 aromatic heterocycles. The fourth-order valence-corrected chi connectivity index (χ4v) is 4.59. The predicted molar refractivity (Wildman–Crippen MR) is 121 cm³/mol. The lowest BCUT2D eigenvalue weighted by Gasteiger charge is -2.29. The summed E-state index contributed by atoms with van der Waals surface area (Å²) < 4.78 is 5.36. The fourth-order valence-electron chi connectivity index (χ4n) is 3.91. The molecule has 3 heterocycles. The van der Waals surface area contributed by atoms with Crippen LogP contribution in [0.5, 0.6) is 0 Å². The van der Waals surface area contributed by atoms with Gasteiger partial charge in [0.2, 0.25) is 0 Å². The number of benzene rings is 1. The molecule has 1 aromatic carbocycles. The van der Waals surface area contributed by atoms with Crippen molar-refractivity contribution in [1.82, 2.24) is 15.4 Å². The number of hydrogen-bond acceptors (Lipinski definition) is 5. The van der Waals surface area contributed by atoms with Crippen LogP contribution >= 0.6 is 11.3 Å². The normalized spacial score (nSPS) is 16.0. The largest absolute Gasteiger partial charge is 0.355 e. The highest BCUT2D eigenvalue weighted by molar-refractivity contribution is 7.13. The van der Waals surface area contributed by atoms with Crippen LogP contribution in [0, 0.1) is 0 Å². The van der Waals surface area contributed by atoms with E-state index < -0.39 is 0 Å². The number of likely N-dealkylation sites (tertiary alicyclic amines) is 1. The van der Waals surface area contributed by atoms with Crippen molar-refractivity contribution in [1.29, 1.82) is 0 Å².